The molecule has 1 aliphatic rings. The van der Waals surface area contributed by atoms with Gasteiger partial charge in [0.15, 0.2) is 0 Å². The number of carbonyl (C=O) groups excluding carboxylic acids is 1. The van der Waals surface area contributed by atoms with Gasteiger partial charge in [-0.15, -0.1) is 0 Å². The van der Waals surface area contributed by atoms with E-state index in [1.807, 2.05) is 4.57 Å². The summed E-state index contributed by atoms with van der Waals surface area (Å²) < 4.78 is 1.82. The Bertz CT molecular complexity index is 795. The smallest absolute Gasteiger partial charge is 0.261 e. The lowest BCUT2D eigenvalue weighted by Gasteiger charge is -2.16. The minimum Gasteiger partial charge on any atom is -0.352 e. The number of hydrogen-bond acceptors (Lipinski definition) is 3. The van der Waals surface area contributed by atoms with E-state index in [-0.39, 0.29) is 11.5 Å². The number of unbranched alkanes of at least 4 members (excludes halogenated alkanes) is 1. The molecule has 1 amide bonds. The first kappa shape index (κ1) is 16.7. The molecule has 1 N–H and O–H groups in total. The van der Waals surface area contributed by atoms with Crippen LogP contribution in [0.15, 0.2) is 23.0 Å². The van der Waals surface area contributed by atoms with Gasteiger partial charge in [-0.1, -0.05) is 26.2 Å². The van der Waals surface area contributed by atoms with E-state index in [1.165, 1.54) is 12.8 Å². The van der Waals surface area contributed by atoms with Crippen molar-refractivity contribution in [1.82, 2.24) is 14.9 Å². The fourth-order valence-corrected chi connectivity index (χ4v) is 3.22. The van der Waals surface area contributed by atoms with Crippen molar-refractivity contribution in [2.75, 3.05) is 6.54 Å². The zero-order valence-corrected chi connectivity index (χ0v) is 14.3. The molecular formula is C19H25N3O2. The third kappa shape index (κ3) is 3.50. The third-order valence-corrected chi connectivity index (χ3v) is 4.64. The Morgan fingerprint density at radius 3 is 2.92 bits per heavy atom. The van der Waals surface area contributed by atoms with Crippen molar-refractivity contribution in [3.8, 4) is 0 Å². The largest absolute Gasteiger partial charge is 0.352 e. The summed E-state index contributed by atoms with van der Waals surface area (Å²) in [6, 6.07) is 5.21. The second-order valence-electron chi connectivity index (χ2n) is 6.49. The predicted octanol–water partition coefficient (Wildman–Crippen LogP) is 3.04. The van der Waals surface area contributed by atoms with Crippen molar-refractivity contribution in [2.24, 2.45) is 0 Å². The van der Waals surface area contributed by atoms with Gasteiger partial charge in [-0.05, 0) is 37.5 Å². The Morgan fingerprint density at radius 1 is 1.25 bits per heavy atom. The third-order valence-electron chi connectivity index (χ3n) is 4.64. The van der Waals surface area contributed by atoms with Gasteiger partial charge in [-0.3, -0.25) is 14.2 Å². The van der Waals surface area contributed by atoms with Gasteiger partial charge in [-0.25, -0.2) is 4.98 Å². The Hall–Kier alpha value is -2.17. The zero-order chi connectivity index (χ0) is 16.9. The fourth-order valence-electron chi connectivity index (χ4n) is 3.22. The molecule has 1 aromatic carbocycles. The summed E-state index contributed by atoms with van der Waals surface area (Å²) in [5.74, 6) is 0.759. The van der Waals surface area contributed by atoms with Crippen molar-refractivity contribution in [2.45, 2.75) is 58.4 Å². The van der Waals surface area contributed by atoms with Crippen LogP contribution in [0, 0.1) is 0 Å². The van der Waals surface area contributed by atoms with E-state index in [1.54, 1.807) is 18.2 Å². The minimum absolute atomic E-state index is 0.0230. The molecule has 1 aromatic heterocycles. The van der Waals surface area contributed by atoms with Crippen molar-refractivity contribution in [1.29, 1.82) is 0 Å². The molecule has 5 nitrogen and oxygen atoms in total. The summed E-state index contributed by atoms with van der Waals surface area (Å²) in [6.07, 6.45) is 7.29. The highest BCUT2D eigenvalue weighted by molar-refractivity contribution is 5.97. The fraction of sp³-hybridized carbons (Fsp3) is 0.526. The maximum absolute atomic E-state index is 12.8. The number of aryl methyl sites for hydroxylation is 1. The minimum atomic E-state index is -0.0982. The number of amides is 1. The van der Waals surface area contributed by atoms with Crippen LogP contribution in [0.2, 0.25) is 0 Å². The maximum atomic E-state index is 12.8. The van der Waals surface area contributed by atoms with Crippen LogP contribution >= 0.6 is 0 Å². The highest BCUT2D eigenvalue weighted by atomic mass is 16.1. The molecule has 0 unspecified atom stereocenters. The molecule has 0 fully saturated rings. The molecule has 0 atom stereocenters. The van der Waals surface area contributed by atoms with E-state index < -0.39 is 0 Å². The zero-order valence-electron chi connectivity index (χ0n) is 14.3. The summed E-state index contributed by atoms with van der Waals surface area (Å²) in [5.41, 5.74) is 1.23. The molecule has 0 saturated heterocycles. The lowest BCUT2D eigenvalue weighted by Crippen LogP contribution is -2.27. The number of benzene rings is 1. The van der Waals surface area contributed by atoms with E-state index in [0.29, 0.717) is 23.0 Å². The van der Waals surface area contributed by atoms with Gasteiger partial charge in [-0.2, -0.15) is 0 Å². The molecule has 0 aliphatic carbocycles. The van der Waals surface area contributed by atoms with Crippen LogP contribution in [0.3, 0.4) is 0 Å². The summed E-state index contributed by atoms with van der Waals surface area (Å²) in [6.45, 7) is 3.51. The molecule has 2 aromatic rings. The Labute approximate surface area is 142 Å². The van der Waals surface area contributed by atoms with Gasteiger partial charge in [0.25, 0.3) is 11.5 Å². The molecule has 0 radical (unpaired) electrons. The van der Waals surface area contributed by atoms with Crippen LogP contribution in [0.25, 0.3) is 10.9 Å². The van der Waals surface area contributed by atoms with Crippen LogP contribution in [0.5, 0.6) is 0 Å². The highest BCUT2D eigenvalue weighted by Crippen LogP contribution is 2.16. The average molecular weight is 327 g/mol. The van der Waals surface area contributed by atoms with Crippen LogP contribution in [-0.4, -0.2) is 22.0 Å². The summed E-state index contributed by atoms with van der Waals surface area (Å²) in [7, 11) is 0. The number of carbonyl (C=O) groups is 1. The van der Waals surface area contributed by atoms with Crippen molar-refractivity contribution in [3.05, 3.63) is 39.9 Å². The van der Waals surface area contributed by atoms with Gasteiger partial charge in [0.05, 0.1) is 10.9 Å². The van der Waals surface area contributed by atoms with Crippen LogP contribution < -0.4 is 10.9 Å². The van der Waals surface area contributed by atoms with Gasteiger partial charge in [0.2, 0.25) is 0 Å². The Balaban J connectivity index is 1.96. The second kappa shape index (κ2) is 7.60. The monoisotopic (exact) mass is 327 g/mol. The van der Waals surface area contributed by atoms with Gasteiger partial charge in [0.1, 0.15) is 5.82 Å². The number of nitrogens with zero attached hydrogens (tertiary/aromatic N) is 2. The highest BCUT2D eigenvalue weighted by Gasteiger charge is 2.14. The van der Waals surface area contributed by atoms with E-state index in [2.05, 4.69) is 12.2 Å². The summed E-state index contributed by atoms with van der Waals surface area (Å²) in [5, 5.41) is 3.51. The first-order valence-electron chi connectivity index (χ1n) is 9.02. The lowest BCUT2D eigenvalue weighted by molar-refractivity contribution is 0.0953. The molecule has 2 heterocycles. The standard InChI is InChI=1S/C19H25N3O2/c1-2-3-11-20-18(23)14-9-10-15-16(13-14)21-17-8-6-4-5-7-12-22(17)19(15)24/h9-10,13H,2-8,11-12H2,1H3,(H,20,23). The quantitative estimate of drug-likeness (QED) is 0.878. The molecule has 1 aliphatic heterocycles. The molecule has 0 bridgehead atoms. The average Bonchev–Trinajstić information content (AvgIpc) is 2.56. The number of nitrogens with one attached hydrogen (secondary N) is 1. The first-order chi connectivity index (χ1) is 11.7. The molecule has 24 heavy (non-hydrogen) atoms. The van der Waals surface area contributed by atoms with Gasteiger partial charge < -0.3 is 5.32 Å². The molecule has 5 heteroatoms. The van der Waals surface area contributed by atoms with E-state index >= 15 is 0 Å². The Kier molecular flexibility index (Phi) is 5.28. The topological polar surface area (TPSA) is 64.0 Å². The van der Waals surface area contributed by atoms with Crippen LogP contribution in [0.1, 0.15) is 61.6 Å². The Morgan fingerprint density at radius 2 is 2.08 bits per heavy atom. The number of hydrogen-bond donors (Lipinski definition) is 1. The maximum Gasteiger partial charge on any atom is 0.261 e. The van der Waals surface area contributed by atoms with Gasteiger partial charge in [0, 0.05) is 25.1 Å². The lowest BCUT2D eigenvalue weighted by atomic mass is 10.1. The summed E-state index contributed by atoms with van der Waals surface area (Å²) >= 11 is 0. The molecule has 0 saturated carbocycles. The van der Waals surface area contributed by atoms with Crippen molar-refractivity contribution < 1.29 is 4.79 Å². The van der Waals surface area contributed by atoms with Crippen LogP contribution in [-0.2, 0) is 13.0 Å². The number of aromatic nitrogens is 2. The molecule has 128 valence electrons. The SMILES string of the molecule is CCCCNC(=O)c1ccc2c(=O)n3c(nc2c1)CCCCCC3. The van der Waals surface area contributed by atoms with E-state index in [4.69, 9.17) is 4.98 Å². The van der Waals surface area contributed by atoms with Gasteiger partial charge >= 0.3 is 0 Å². The van der Waals surface area contributed by atoms with Crippen molar-refractivity contribution >= 4 is 16.8 Å². The molecule has 0 spiro atoms. The first-order valence-corrected chi connectivity index (χ1v) is 9.02. The van der Waals surface area contributed by atoms with Crippen molar-refractivity contribution in [3.63, 3.8) is 0 Å². The van der Waals surface area contributed by atoms with E-state index in [9.17, 15) is 9.59 Å². The second-order valence-corrected chi connectivity index (χ2v) is 6.49. The summed E-state index contributed by atoms with van der Waals surface area (Å²) in [4.78, 5) is 29.7. The van der Waals surface area contributed by atoms with E-state index in [0.717, 1.165) is 44.5 Å². The predicted molar refractivity (Wildman–Crippen MR) is 95.4 cm³/mol. The normalized spacial score (nSPS) is 14.7. The number of fused-ring (bicyclic) bond motifs is 2. The molecule has 3 rings (SSSR count). The number of rotatable bonds is 4. The van der Waals surface area contributed by atoms with Crippen LogP contribution in [0.4, 0.5) is 0 Å². The molecular weight excluding hydrogens is 302 g/mol.